The number of phenols is 1. The summed E-state index contributed by atoms with van der Waals surface area (Å²) in [6, 6.07) is 13.3. The summed E-state index contributed by atoms with van der Waals surface area (Å²) >= 11 is 3.44. The van der Waals surface area contributed by atoms with Crippen LogP contribution in [0.5, 0.6) is 11.5 Å². The normalized spacial score (nSPS) is 11.1. The number of halogens is 1. The largest absolute Gasteiger partial charge is 0.504 e. The highest BCUT2D eigenvalue weighted by atomic mass is 79.9. The van der Waals surface area contributed by atoms with Crippen LogP contribution >= 0.6 is 15.9 Å². The Balaban J connectivity index is 1.91. The van der Waals surface area contributed by atoms with E-state index in [0.717, 1.165) is 11.1 Å². The molecule has 0 saturated heterocycles. The third-order valence-corrected chi connectivity index (χ3v) is 3.98. The molecule has 2 N–H and O–H groups in total. The monoisotopic (exact) mass is 421 g/mol. The van der Waals surface area contributed by atoms with Crippen LogP contribution in [-0.4, -0.2) is 23.3 Å². The van der Waals surface area contributed by atoms with E-state index in [-0.39, 0.29) is 5.75 Å². The van der Waals surface area contributed by atoms with Gasteiger partial charge in [0.25, 0.3) is 0 Å². The van der Waals surface area contributed by atoms with Crippen LogP contribution in [0.3, 0.4) is 0 Å². The van der Waals surface area contributed by atoms with Gasteiger partial charge < -0.3 is 19.9 Å². The Labute approximate surface area is 162 Å². The Morgan fingerprint density at radius 2 is 1.85 bits per heavy atom. The van der Waals surface area contributed by atoms with Gasteiger partial charge in [0.05, 0.1) is 4.47 Å². The van der Waals surface area contributed by atoms with E-state index in [1.54, 1.807) is 6.07 Å². The van der Waals surface area contributed by atoms with Crippen LogP contribution in [0.2, 0.25) is 0 Å². The molecule has 2 aromatic rings. The molecule has 0 saturated carbocycles. The molecule has 0 atom stereocenters. The molecule has 0 bridgehead atoms. The Hall–Kier alpha value is -2.21. The predicted octanol–water partition coefficient (Wildman–Crippen LogP) is 4.80. The van der Waals surface area contributed by atoms with Gasteiger partial charge >= 0.3 is 6.09 Å². The van der Waals surface area contributed by atoms with Crippen molar-refractivity contribution in [2.24, 2.45) is 0 Å². The fraction of sp³-hybridized carbons (Fsp3) is 0.350. The van der Waals surface area contributed by atoms with E-state index >= 15 is 0 Å². The molecule has 2 aromatic carbocycles. The number of alkyl carbamates (subject to hydrolysis) is 1. The van der Waals surface area contributed by atoms with Crippen molar-refractivity contribution in [1.29, 1.82) is 0 Å². The van der Waals surface area contributed by atoms with Crippen LogP contribution < -0.4 is 10.1 Å². The van der Waals surface area contributed by atoms with Crippen molar-refractivity contribution in [1.82, 2.24) is 5.32 Å². The van der Waals surface area contributed by atoms with Gasteiger partial charge in [-0.1, -0.05) is 30.3 Å². The fourth-order valence-electron chi connectivity index (χ4n) is 2.27. The molecule has 0 heterocycles. The highest BCUT2D eigenvalue weighted by molar-refractivity contribution is 9.10. The van der Waals surface area contributed by atoms with Gasteiger partial charge in [0.1, 0.15) is 12.2 Å². The number of phenolic OH excluding ortho intramolecular Hbond substituents is 1. The fourth-order valence-corrected chi connectivity index (χ4v) is 2.89. The Morgan fingerprint density at radius 1 is 1.15 bits per heavy atom. The van der Waals surface area contributed by atoms with Crippen molar-refractivity contribution in [3.05, 3.63) is 58.1 Å². The Kier molecular flexibility index (Phi) is 6.91. The van der Waals surface area contributed by atoms with E-state index < -0.39 is 11.7 Å². The highest BCUT2D eigenvalue weighted by Gasteiger charge is 2.16. The van der Waals surface area contributed by atoms with Gasteiger partial charge in [-0.2, -0.15) is 0 Å². The average Bonchev–Trinajstić information content (AvgIpc) is 2.53. The minimum absolute atomic E-state index is 0.0579. The first-order chi connectivity index (χ1) is 12.2. The second kappa shape index (κ2) is 8.94. The summed E-state index contributed by atoms with van der Waals surface area (Å²) in [5, 5.41) is 12.9. The molecule has 0 fully saturated rings. The van der Waals surface area contributed by atoms with E-state index in [2.05, 4.69) is 21.2 Å². The number of carbonyl (C=O) groups excluding carboxylic acids is 1. The van der Waals surface area contributed by atoms with Crippen LogP contribution in [0, 0.1) is 0 Å². The predicted molar refractivity (Wildman–Crippen MR) is 105 cm³/mol. The lowest BCUT2D eigenvalue weighted by Crippen LogP contribution is -2.33. The first-order valence-corrected chi connectivity index (χ1v) is 9.19. The lowest BCUT2D eigenvalue weighted by molar-refractivity contribution is 0.0528. The summed E-state index contributed by atoms with van der Waals surface area (Å²) in [6.45, 7) is 6.22. The molecule has 6 heteroatoms. The molecule has 26 heavy (non-hydrogen) atoms. The maximum atomic E-state index is 11.6. The average molecular weight is 422 g/mol. The summed E-state index contributed by atoms with van der Waals surface area (Å²) < 4.78 is 11.6. The maximum Gasteiger partial charge on any atom is 0.407 e. The van der Waals surface area contributed by atoms with Crippen molar-refractivity contribution >= 4 is 22.0 Å². The maximum absolute atomic E-state index is 11.6. The van der Waals surface area contributed by atoms with Gasteiger partial charge in [0, 0.05) is 6.54 Å². The number of benzene rings is 2. The zero-order valence-electron chi connectivity index (χ0n) is 15.2. The van der Waals surface area contributed by atoms with Gasteiger partial charge in [-0.15, -0.1) is 0 Å². The molecule has 0 aromatic heterocycles. The van der Waals surface area contributed by atoms with Gasteiger partial charge in [-0.3, -0.25) is 0 Å². The summed E-state index contributed by atoms with van der Waals surface area (Å²) in [5.41, 5.74) is 1.37. The second-order valence-electron chi connectivity index (χ2n) is 6.88. The minimum Gasteiger partial charge on any atom is -0.504 e. The summed E-state index contributed by atoms with van der Waals surface area (Å²) in [6.07, 6.45) is 0.105. The molecule has 140 valence electrons. The molecule has 0 radical (unpaired) electrons. The number of hydrogen-bond donors (Lipinski definition) is 2. The standard InChI is InChI=1S/C20H24BrNO4/c1-20(2,3)26-19(24)22-10-9-15-11-16(21)18(17(23)12-15)25-13-14-7-5-4-6-8-14/h4-8,11-12,23H,9-10,13H2,1-3H3,(H,22,24). The van der Waals surface area contributed by atoms with Crippen LogP contribution in [-0.2, 0) is 17.8 Å². The molecule has 1 amide bonds. The lowest BCUT2D eigenvalue weighted by atomic mass is 10.1. The van der Waals surface area contributed by atoms with Crippen molar-refractivity contribution in [2.45, 2.75) is 39.4 Å². The van der Waals surface area contributed by atoms with Crippen LogP contribution in [0.4, 0.5) is 4.79 Å². The van der Waals surface area contributed by atoms with Crippen molar-refractivity contribution in [2.75, 3.05) is 6.54 Å². The smallest absolute Gasteiger partial charge is 0.407 e. The van der Waals surface area contributed by atoms with E-state index in [4.69, 9.17) is 9.47 Å². The number of carbonyl (C=O) groups is 1. The van der Waals surface area contributed by atoms with E-state index in [0.29, 0.717) is 29.8 Å². The van der Waals surface area contributed by atoms with Gasteiger partial charge in [-0.25, -0.2) is 4.79 Å². The summed E-state index contributed by atoms with van der Waals surface area (Å²) in [7, 11) is 0. The first kappa shape index (κ1) is 20.1. The van der Waals surface area contributed by atoms with E-state index in [1.165, 1.54) is 0 Å². The van der Waals surface area contributed by atoms with Crippen molar-refractivity contribution in [3.8, 4) is 11.5 Å². The second-order valence-corrected chi connectivity index (χ2v) is 7.73. The third-order valence-electron chi connectivity index (χ3n) is 3.39. The zero-order chi connectivity index (χ0) is 19.2. The number of amides is 1. The van der Waals surface area contributed by atoms with Gasteiger partial charge in [0.15, 0.2) is 11.5 Å². The Morgan fingerprint density at radius 3 is 2.46 bits per heavy atom. The first-order valence-electron chi connectivity index (χ1n) is 8.39. The number of ether oxygens (including phenoxy) is 2. The number of hydrogen-bond acceptors (Lipinski definition) is 4. The molecule has 2 rings (SSSR count). The van der Waals surface area contributed by atoms with Crippen LogP contribution in [0.1, 0.15) is 31.9 Å². The minimum atomic E-state index is -0.525. The van der Waals surface area contributed by atoms with Crippen molar-refractivity contribution < 1.29 is 19.4 Å². The Bertz CT molecular complexity index is 718. The number of aromatic hydroxyl groups is 1. The molecule has 0 spiro atoms. The van der Waals surface area contributed by atoms with Crippen molar-refractivity contribution in [3.63, 3.8) is 0 Å². The quantitative estimate of drug-likeness (QED) is 0.702. The molecule has 0 aliphatic rings. The zero-order valence-corrected chi connectivity index (χ0v) is 16.8. The molecular formula is C20H24BrNO4. The van der Waals surface area contributed by atoms with Crippen LogP contribution in [0.15, 0.2) is 46.9 Å². The van der Waals surface area contributed by atoms with E-state index in [9.17, 15) is 9.90 Å². The number of nitrogens with one attached hydrogen (secondary N) is 1. The summed E-state index contributed by atoms with van der Waals surface area (Å²) in [5.74, 6) is 0.459. The highest BCUT2D eigenvalue weighted by Crippen LogP contribution is 2.36. The molecule has 0 unspecified atom stereocenters. The molecule has 0 aliphatic heterocycles. The van der Waals surface area contributed by atoms with Gasteiger partial charge in [-0.05, 0) is 66.4 Å². The molecule has 0 aliphatic carbocycles. The van der Waals surface area contributed by atoms with E-state index in [1.807, 2.05) is 57.2 Å². The summed E-state index contributed by atoms with van der Waals surface area (Å²) in [4.78, 5) is 11.6. The number of rotatable bonds is 6. The topological polar surface area (TPSA) is 67.8 Å². The third kappa shape index (κ3) is 6.59. The van der Waals surface area contributed by atoms with Crippen LogP contribution in [0.25, 0.3) is 0 Å². The molecular weight excluding hydrogens is 398 g/mol. The van der Waals surface area contributed by atoms with Gasteiger partial charge in [0.2, 0.25) is 0 Å². The molecule has 5 nitrogen and oxygen atoms in total. The SMILES string of the molecule is CC(C)(C)OC(=O)NCCc1cc(O)c(OCc2ccccc2)c(Br)c1. The lowest BCUT2D eigenvalue weighted by Gasteiger charge is -2.19.